The Bertz CT molecular complexity index is 601. The van der Waals surface area contributed by atoms with Crippen molar-refractivity contribution in [1.29, 1.82) is 0 Å². The minimum absolute atomic E-state index is 0.154. The van der Waals surface area contributed by atoms with Gasteiger partial charge in [-0.1, -0.05) is 28.1 Å². The molecule has 0 atom stereocenters. The molecule has 0 radical (unpaired) electrons. The number of carbonyl (C=O) groups is 1. The molecular formula is C14H13BrN4O. The van der Waals surface area contributed by atoms with Crippen LogP contribution in [0.1, 0.15) is 5.56 Å². The summed E-state index contributed by atoms with van der Waals surface area (Å²) in [6, 6.07) is 11.2. The number of amides is 1. The van der Waals surface area contributed by atoms with Crippen LogP contribution in [-0.4, -0.2) is 23.7 Å². The fraction of sp³-hybridized carbons (Fsp3) is 0.0714. The van der Waals surface area contributed by atoms with Crippen molar-refractivity contribution in [3.63, 3.8) is 0 Å². The molecule has 6 heteroatoms. The number of hydrogen-bond acceptors (Lipinski definition) is 4. The van der Waals surface area contributed by atoms with Crippen LogP contribution in [0.3, 0.4) is 0 Å². The summed E-state index contributed by atoms with van der Waals surface area (Å²) in [4.78, 5) is 15.5. The van der Waals surface area contributed by atoms with E-state index in [9.17, 15) is 4.79 Å². The average molecular weight is 333 g/mol. The van der Waals surface area contributed by atoms with Gasteiger partial charge in [-0.15, -0.1) is 0 Å². The van der Waals surface area contributed by atoms with Gasteiger partial charge < -0.3 is 5.32 Å². The molecule has 1 aromatic carbocycles. The molecular weight excluding hydrogens is 320 g/mol. The second-order valence-electron chi connectivity index (χ2n) is 3.94. The van der Waals surface area contributed by atoms with Crippen molar-refractivity contribution in [2.24, 2.45) is 5.10 Å². The predicted octanol–water partition coefficient (Wildman–Crippen LogP) is 2.41. The third kappa shape index (κ3) is 4.81. The van der Waals surface area contributed by atoms with E-state index in [-0.39, 0.29) is 12.5 Å². The number of aromatic nitrogens is 1. The van der Waals surface area contributed by atoms with Crippen molar-refractivity contribution in [3.05, 3.63) is 58.8 Å². The van der Waals surface area contributed by atoms with Crippen molar-refractivity contribution in [2.45, 2.75) is 0 Å². The molecule has 0 unspecified atom stereocenters. The SMILES string of the molecule is O=C(CNc1cccc(Br)c1)N/N=C\c1cccnc1. The van der Waals surface area contributed by atoms with E-state index in [1.807, 2.05) is 30.3 Å². The molecule has 20 heavy (non-hydrogen) atoms. The Morgan fingerprint density at radius 2 is 2.25 bits per heavy atom. The quantitative estimate of drug-likeness (QED) is 0.652. The Hall–Kier alpha value is -2.21. The van der Waals surface area contributed by atoms with Gasteiger partial charge in [0.1, 0.15) is 0 Å². The number of carbonyl (C=O) groups excluding carboxylic acids is 1. The lowest BCUT2D eigenvalue weighted by molar-refractivity contribution is -0.119. The summed E-state index contributed by atoms with van der Waals surface area (Å²) in [6.45, 7) is 0.154. The van der Waals surface area contributed by atoms with E-state index < -0.39 is 0 Å². The van der Waals surface area contributed by atoms with Crippen molar-refractivity contribution in [2.75, 3.05) is 11.9 Å². The number of benzene rings is 1. The van der Waals surface area contributed by atoms with Gasteiger partial charge in [-0.25, -0.2) is 5.43 Å². The van der Waals surface area contributed by atoms with Crippen molar-refractivity contribution in [1.82, 2.24) is 10.4 Å². The molecule has 0 fully saturated rings. The van der Waals surface area contributed by atoms with E-state index in [1.165, 1.54) is 0 Å². The van der Waals surface area contributed by atoms with Crippen LogP contribution < -0.4 is 10.7 Å². The summed E-state index contributed by atoms with van der Waals surface area (Å²) in [5.41, 5.74) is 4.14. The summed E-state index contributed by atoms with van der Waals surface area (Å²) in [5.74, 6) is -0.217. The molecule has 1 heterocycles. The molecule has 0 saturated carbocycles. The third-order valence-electron chi connectivity index (χ3n) is 2.36. The van der Waals surface area contributed by atoms with Gasteiger partial charge in [0.05, 0.1) is 12.8 Å². The van der Waals surface area contributed by atoms with Crippen LogP contribution in [0.2, 0.25) is 0 Å². The highest BCUT2D eigenvalue weighted by Crippen LogP contribution is 2.14. The maximum atomic E-state index is 11.6. The maximum absolute atomic E-state index is 11.6. The zero-order valence-electron chi connectivity index (χ0n) is 10.6. The first kappa shape index (κ1) is 14.2. The fourth-order valence-corrected chi connectivity index (χ4v) is 1.85. The van der Waals surface area contributed by atoms with Crippen molar-refractivity contribution < 1.29 is 4.79 Å². The van der Waals surface area contributed by atoms with Crippen LogP contribution >= 0.6 is 15.9 Å². The van der Waals surface area contributed by atoms with E-state index in [0.717, 1.165) is 15.7 Å². The van der Waals surface area contributed by atoms with Crippen LogP contribution in [0.5, 0.6) is 0 Å². The largest absolute Gasteiger partial charge is 0.376 e. The monoisotopic (exact) mass is 332 g/mol. The van der Waals surface area contributed by atoms with E-state index in [2.05, 4.69) is 36.8 Å². The summed E-state index contributed by atoms with van der Waals surface area (Å²) >= 11 is 3.37. The molecule has 0 bridgehead atoms. The maximum Gasteiger partial charge on any atom is 0.259 e. The lowest BCUT2D eigenvalue weighted by Crippen LogP contribution is -2.25. The Morgan fingerprint density at radius 1 is 1.35 bits per heavy atom. The van der Waals surface area contributed by atoms with Gasteiger partial charge in [-0.3, -0.25) is 9.78 Å². The van der Waals surface area contributed by atoms with Gasteiger partial charge in [-0.05, 0) is 24.3 Å². The van der Waals surface area contributed by atoms with Crippen LogP contribution in [0.4, 0.5) is 5.69 Å². The van der Waals surface area contributed by atoms with Crippen LogP contribution in [-0.2, 0) is 4.79 Å². The molecule has 0 saturated heterocycles. The van der Waals surface area contributed by atoms with E-state index >= 15 is 0 Å². The third-order valence-corrected chi connectivity index (χ3v) is 2.86. The first-order valence-corrected chi connectivity index (χ1v) is 6.75. The molecule has 102 valence electrons. The lowest BCUT2D eigenvalue weighted by Gasteiger charge is -2.05. The number of anilines is 1. The summed E-state index contributed by atoms with van der Waals surface area (Å²) < 4.78 is 0.956. The molecule has 2 N–H and O–H groups in total. The van der Waals surface area contributed by atoms with E-state index in [1.54, 1.807) is 24.7 Å². The molecule has 5 nitrogen and oxygen atoms in total. The van der Waals surface area contributed by atoms with Gasteiger partial charge >= 0.3 is 0 Å². The van der Waals surface area contributed by atoms with E-state index in [4.69, 9.17) is 0 Å². The molecule has 0 spiro atoms. The fourth-order valence-electron chi connectivity index (χ4n) is 1.45. The van der Waals surface area contributed by atoms with Crippen molar-refractivity contribution >= 4 is 33.7 Å². The van der Waals surface area contributed by atoms with Gasteiger partial charge in [0, 0.05) is 28.1 Å². The van der Waals surface area contributed by atoms with E-state index in [0.29, 0.717) is 0 Å². The molecule has 2 rings (SSSR count). The molecule has 0 aliphatic rings. The summed E-state index contributed by atoms with van der Waals surface area (Å²) in [6.07, 6.45) is 4.89. The summed E-state index contributed by atoms with van der Waals surface area (Å²) in [5, 5.41) is 6.86. The highest BCUT2D eigenvalue weighted by molar-refractivity contribution is 9.10. The molecule has 1 amide bonds. The van der Waals surface area contributed by atoms with Gasteiger partial charge in [0.15, 0.2) is 0 Å². The number of hydrogen-bond donors (Lipinski definition) is 2. The minimum Gasteiger partial charge on any atom is -0.376 e. The van der Waals surface area contributed by atoms with Gasteiger partial charge in [0.25, 0.3) is 5.91 Å². The normalized spacial score (nSPS) is 10.4. The van der Waals surface area contributed by atoms with Crippen LogP contribution in [0, 0.1) is 0 Å². The smallest absolute Gasteiger partial charge is 0.259 e. The zero-order valence-corrected chi connectivity index (χ0v) is 12.2. The van der Waals surface area contributed by atoms with Crippen LogP contribution in [0.15, 0.2) is 58.4 Å². The Balaban J connectivity index is 1.77. The first-order chi connectivity index (χ1) is 9.74. The van der Waals surface area contributed by atoms with Gasteiger partial charge in [0.2, 0.25) is 0 Å². The Morgan fingerprint density at radius 3 is 3.00 bits per heavy atom. The van der Waals surface area contributed by atoms with Gasteiger partial charge in [-0.2, -0.15) is 5.10 Å². The highest BCUT2D eigenvalue weighted by Gasteiger charge is 1.99. The first-order valence-electron chi connectivity index (χ1n) is 5.95. The standard InChI is InChI=1S/C14H13BrN4O/c15-12-4-1-5-13(7-12)17-10-14(20)19-18-9-11-3-2-6-16-8-11/h1-9,17H,10H2,(H,19,20)/b18-9-. The predicted molar refractivity (Wildman–Crippen MR) is 82.6 cm³/mol. The van der Waals surface area contributed by atoms with Crippen molar-refractivity contribution in [3.8, 4) is 0 Å². The molecule has 2 aromatic rings. The highest BCUT2D eigenvalue weighted by atomic mass is 79.9. The second kappa shape index (κ2) is 7.40. The number of pyridine rings is 1. The number of halogens is 1. The summed E-state index contributed by atoms with van der Waals surface area (Å²) in [7, 11) is 0. The number of nitrogens with one attached hydrogen (secondary N) is 2. The average Bonchev–Trinajstić information content (AvgIpc) is 2.46. The Kier molecular flexibility index (Phi) is 5.25. The zero-order chi connectivity index (χ0) is 14.2. The molecule has 1 aromatic heterocycles. The number of hydrazone groups is 1. The minimum atomic E-state index is -0.217. The Labute approximate surface area is 125 Å². The lowest BCUT2D eigenvalue weighted by atomic mass is 10.3. The molecule has 0 aliphatic carbocycles. The number of nitrogens with zero attached hydrogens (tertiary/aromatic N) is 2. The second-order valence-corrected chi connectivity index (χ2v) is 4.86. The molecule has 0 aliphatic heterocycles. The van der Waals surface area contributed by atoms with Crippen LogP contribution in [0.25, 0.3) is 0 Å². The topological polar surface area (TPSA) is 66.4 Å². The number of rotatable bonds is 5.